The molecule has 114 valence electrons. The van der Waals surface area contributed by atoms with Crippen molar-refractivity contribution in [3.63, 3.8) is 0 Å². The molecule has 1 rings (SSSR count). The van der Waals surface area contributed by atoms with Gasteiger partial charge in [0.05, 0.1) is 24.5 Å². The normalized spacial score (nSPS) is 10.6. The van der Waals surface area contributed by atoms with Gasteiger partial charge in [0.1, 0.15) is 0 Å². The van der Waals surface area contributed by atoms with Gasteiger partial charge in [-0.05, 0) is 13.3 Å². The number of aromatic nitrogens is 2. The minimum atomic E-state index is -0.0640. The van der Waals surface area contributed by atoms with Gasteiger partial charge in [-0.1, -0.05) is 6.92 Å². The maximum Gasteiger partial charge on any atom is 0.239 e. The van der Waals surface area contributed by atoms with Gasteiger partial charge in [0, 0.05) is 27.2 Å². The van der Waals surface area contributed by atoms with Crippen LogP contribution in [0.4, 0.5) is 11.5 Å². The zero-order chi connectivity index (χ0) is 15.1. The molecule has 20 heavy (non-hydrogen) atoms. The molecule has 1 heterocycles. The third-order valence-corrected chi connectivity index (χ3v) is 2.95. The summed E-state index contributed by atoms with van der Waals surface area (Å²) in [7, 11) is 3.44. The molecule has 7 heteroatoms. The van der Waals surface area contributed by atoms with Crippen molar-refractivity contribution >= 4 is 17.4 Å². The number of ether oxygens (including phenoxy) is 1. The van der Waals surface area contributed by atoms with E-state index in [-0.39, 0.29) is 12.5 Å². The zero-order valence-electron chi connectivity index (χ0n) is 12.8. The Morgan fingerprint density at radius 1 is 1.55 bits per heavy atom. The molecule has 0 spiro atoms. The highest BCUT2D eigenvalue weighted by molar-refractivity contribution is 5.82. The van der Waals surface area contributed by atoms with Crippen molar-refractivity contribution in [3.05, 3.63) is 5.69 Å². The van der Waals surface area contributed by atoms with Gasteiger partial charge in [0.25, 0.3) is 0 Å². The Morgan fingerprint density at radius 2 is 2.25 bits per heavy atom. The van der Waals surface area contributed by atoms with Crippen LogP contribution in [0, 0.1) is 6.92 Å². The predicted octanol–water partition coefficient (Wildman–Crippen LogP) is 0.383. The Bertz CT molecular complexity index is 444. The number of methoxy groups -OCH3 is 1. The van der Waals surface area contributed by atoms with Crippen molar-refractivity contribution in [2.24, 2.45) is 0 Å². The van der Waals surface area contributed by atoms with E-state index in [1.807, 2.05) is 23.6 Å². The van der Waals surface area contributed by atoms with Crippen LogP contribution in [0.5, 0.6) is 0 Å². The number of likely N-dealkylation sites (N-methyl/N-ethyl adjacent to an activating group) is 1. The van der Waals surface area contributed by atoms with E-state index in [0.29, 0.717) is 18.8 Å². The van der Waals surface area contributed by atoms with Crippen LogP contribution in [0.15, 0.2) is 0 Å². The first kappa shape index (κ1) is 16.3. The Morgan fingerprint density at radius 3 is 2.85 bits per heavy atom. The quantitative estimate of drug-likeness (QED) is 0.674. The van der Waals surface area contributed by atoms with Crippen LogP contribution in [0.25, 0.3) is 0 Å². The Hall–Kier alpha value is -1.76. The van der Waals surface area contributed by atoms with Crippen LogP contribution in [0.1, 0.15) is 19.0 Å². The fraction of sp³-hybridized carbons (Fsp3) is 0.692. The zero-order valence-corrected chi connectivity index (χ0v) is 12.8. The van der Waals surface area contributed by atoms with Crippen LogP contribution in [0.3, 0.4) is 0 Å². The molecule has 3 N–H and O–H groups in total. The second-order valence-corrected chi connectivity index (χ2v) is 4.74. The number of nitrogens with zero attached hydrogens (tertiary/aromatic N) is 3. The average Bonchev–Trinajstić information content (AvgIpc) is 2.65. The Labute approximate surface area is 120 Å². The van der Waals surface area contributed by atoms with Crippen LogP contribution in [0.2, 0.25) is 0 Å². The number of nitrogen functional groups attached to an aromatic ring is 1. The van der Waals surface area contributed by atoms with E-state index in [1.165, 1.54) is 0 Å². The lowest BCUT2D eigenvalue weighted by atomic mass is 10.3. The molecule has 0 bridgehead atoms. The Balaban J connectivity index is 2.71. The molecule has 0 aliphatic carbocycles. The topological polar surface area (TPSA) is 85.4 Å². The van der Waals surface area contributed by atoms with Crippen LogP contribution in [-0.2, 0) is 16.1 Å². The minimum Gasteiger partial charge on any atom is -0.394 e. The molecule has 0 unspecified atom stereocenters. The number of nitrogens with one attached hydrogen (secondary N) is 1. The molecule has 0 aliphatic heterocycles. The van der Waals surface area contributed by atoms with E-state index in [1.54, 1.807) is 7.11 Å². The number of amides is 1. The minimum absolute atomic E-state index is 0.0640. The molecular weight excluding hydrogens is 258 g/mol. The number of anilines is 2. The number of hydrogen-bond donors (Lipinski definition) is 2. The third kappa shape index (κ3) is 4.12. The van der Waals surface area contributed by atoms with Gasteiger partial charge >= 0.3 is 0 Å². The summed E-state index contributed by atoms with van der Waals surface area (Å²) >= 11 is 0. The van der Waals surface area contributed by atoms with Gasteiger partial charge in [-0.2, -0.15) is 5.10 Å². The molecule has 0 fully saturated rings. The van der Waals surface area contributed by atoms with Gasteiger partial charge in [-0.3, -0.25) is 4.79 Å². The monoisotopic (exact) mass is 283 g/mol. The van der Waals surface area contributed by atoms with E-state index in [0.717, 1.165) is 24.5 Å². The van der Waals surface area contributed by atoms with Gasteiger partial charge in [0.15, 0.2) is 5.82 Å². The fourth-order valence-corrected chi connectivity index (χ4v) is 1.99. The lowest BCUT2D eigenvalue weighted by Gasteiger charge is -2.20. The molecule has 0 radical (unpaired) electrons. The standard InChI is InChI=1S/C13H25N5O2/c1-5-7-18-13(12(14)10(2)16-18)17(3)9-11(19)15-6-8-20-4/h5-9,14H2,1-4H3,(H,15,19). The lowest BCUT2D eigenvalue weighted by Crippen LogP contribution is -2.37. The molecular formula is C13H25N5O2. The molecule has 0 aliphatic rings. The van der Waals surface area contributed by atoms with Crippen molar-refractivity contribution in [1.82, 2.24) is 15.1 Å². The summed E-state index contributed by atoms with van der Waals surface area (Å²) in [5.41, 5.74) is 7.48. The van der Waals surface area contributed by atoms with Gasteiger partial charge < -0.3 is 20.7 Å². The largest absolute Gasteiger partial charge is 0.394 e. The van der Waals surface area contributed by atoms with Crippen molar-refractivity contribution in [3.8, 4) is 0 Å². The van der Waals surface area contributed by atoms with E-state index in [4.69, 9.17) is 10.5 Å². The summed E-state index contributed by atoms with van der Waals surface area (Å²) in [6.07, 6.45) is 0.960. The smallest absolute Gasteiger partial charge is 0.239 e. The van der Waals surface area contributed by atoms with Crippen molar-refractivity contribution in [2.75, 3.05) is 44.5 Å². The lowest BCUT2D eigenvalue weighted by molar-refractivity contribution is -0.119. The van der Waals surface area contributed by atoms with E-state index < -0.39 is 0 Å². The maximum atomic E-state index is 11.8. The third-order valence-electron chi connectivity index (χ3n) is 2.95. The van der Waals surface area contributed by atoms with Gasteiger partial charge in [0.2, 0.25) is 5.91 Å². The van der Waals surface area contributed by atoms with Crippen LogP contribution in [-0.4, -0.2) is 49.5 Å². The SMILES string of the molecule is CCCn1nc(C)c(N)c1N(C)CC(=O)NCCOC. The van der Waals surface area contributed by atoms with Gasteiger partial charge in [-0.25, -0.2) is 4.68 Å². The number of aryl methyl sites for hydroxylation is 2. The molecule has 0 atom stereocenters. The number of hydrogen-bond acceptors (Lipinski definition) is 5. The van der Waals surface area contributed by atoms with Crippen LogP contribution < -0.4 is 16.0 Å². The first-order valence-corrected chi connectivity index (χ1v) is 6.80. The van der Waals surface area contributed by atoms with Crippen LogP contribution >= 0.6 is 0 Å². The number of rotatable bonds is 8. The molecule has 1 amide bonds. The van der Waals surface area contributed by atoms with Gasteiger partial charge in [-0.15, -0.1) is 0 Å². The molecule has 1 aromatic rings. The number of carbonyl (C=O) groups excluding carboxylic acids is 1. The Kier molecular flexibility index (Phi) is 6.30. The fourth-order valence-electron chi connectivity index (χ4n) is 1.99. The molecule has 7 nitrogen and oxygen atoms in total. The molecule has 0 saturated carbocycles. The summed E-state index contributed by atoms with van der Waals surface area (Å²) in [6, 6.07) is 0. The van der Waals surface area contributed by atoms with Crippen molar-refractivity contribution in [1.29, 1.82) is 0 Å². The average molecular weight is 283 g/mol. The maximum absolute atomic E-state index is 11.8. The first-order chi connectivity index (χ1) is 9.51. The highest BCUT2D eigenvalue weighted by Gasteiger charge is 2.17. The summed E-state index contributed by atoms with van der Waals surface area (Å²) in [4.78, 5) is 13.6. The summed E-state index contributed by atoms with van der Waals surface area (Å²) < 4.78 is 6.75. The highest BCUT2D eigenvalue weighted by Crippen LogP contribution is 2.25. The first-order valence-electron chi connectivity index (χ1n) is 6.80. The molecule has 0 saturated heterocycles. The second kappa shape index (κ2) is 7.74. The number of nitrogens with two attached hydrogens (primary N) is 1. The summed E-state index contributed by atoms with van der Waals surface area (Å²) in [6.45, 7) is 5.98. The van der Waals surface area contributed by atoms with E-state index in [2.05, 4.69) is 17.3 Å². The molecule has 1 aromatic heterocycles. The number of carbonyl (C=O) groups is 1. The second-order valence-electron chi connectivity index (χ2n) is 4.74. The van der Waals surface area contributed by atoms with E-state index >= 15 is 0 Å². The summed E-state index contributed by atoms with van der Waals surface area (Å²) in [5, 5.41) is 7.19. The van der Waals surface area contributed by atoms with E-state index in [9.17, 15) is 4.79 Å². The highest BCUT2D eigenvalue weighted by atomic mass is 16.5. The molecule has 0 aromatic carbocycles. The predicted molar refractivity (Wildman–Crippen MR) is 79.8 cm³/mol. The summed E-state index contributed by atoms with van der Waals surface area (Å²) in [5.74, 6) is 0.733. The van der Waals surface area contributed by atoms with Crippen molar-refractivity contribution in [2.45, 2.75) is 26.8 Å². The van der Waals surface area contributed by atoms with Crippen molar-refractivity contribution < 1.29 is 9.53 Å².